The van der Waals surface area contributed by atoms with Crippen molar-refractivity contribution in [1.82, 2.24) is 10.6 Å². The molecule has 2 amide bonds. The van der Waals surface area contributed by atoms with E-state index in [0.29, 0.717) is 0 Å². The lowest BCUT2D eigenvalue weighted by molar-refractivity contribution is -0.149. The first-order valence-electron chi connectivity index (χ1n) is 9.53. The molecular formula is C19H34N2O7. The zero-order valence-electron chi connectivity index (χ0n) is 17.9. The Morgan fingerprint density at radius 2 is 1.50 bits per heavy atom. The van der Waals surface area contributed by atoms with Crippen LogP contribution in [-0.4, -0.2) is 54.8 Å². The molecule has 0 aromatic rings. The van der Waals surface area contributed by atoms with Gasteiger partial charge in [-0.25, -0.2) is 9.59 Å². The second-order valence-corrected chi connectivity index (χ2v) is 7.52. The van der Waals surface area contributed by atoms with E-state index in [1.165, 1.54) is 0 Å². The highest BCUT2D eigenvalue weighted by Gasteiger charge is 2.31. The molecule has 0 spiro atoms. The van der Waals surface area contributed by atoms with Crippen molar-refractivity contribution in [3.05, 3.63) is 0 Å². The Bertz CT molecular complexity index is 541. The van der Waals surface area contributed by atoms with Gasteiger partial charge in [0.2, 0.25) is 5.91 Å². The summed E-state index contributed by atoms with van der Waals surface area (Å²) in [6.45, 7) is 12.3. The third kappa shape index (κ3) is 10.7. The summed E-state index contributed by atoms with van der Waals surface area (Å²) in [5.74, 6) is -1.96. The summed E-state index contributed by atoms with van der Waals surface area (Å²) in [6.07, 6.45) is -0.759. The Balaban J connectivity index is 5.11. The number of nitrogens with one attached hydrogen (secondary N) is 2. The molecule has 0 aliphatic carbocycles. The summed E-state index contributed by atoms with van der Waals surface area (Å²) in [5, 5.41) is 5.07. The number of esters is 2. The SMILES string of the molecule is CCOC(=O)CC[C@@H](NC(=O)[C@@H](NC(=O)OC(C)(C)C)C(C)C)C(=O)OCC. The zero-order valence-corrected chi connectivity index (χ0v) is 17.9. The maximum Gasteiger partial charge on any atom is 0.408 e. The molecule has 162 valence electrons. The fourth-order valence-electron chi connectivity index (χ4n) is 2.22. The fourth-order valence-corrected chi connectivity index (χ4v) is 2.22. The molecule has 0 bridgehead atoms. The van der Waals surface area contributed by atoms with Crippen molar-refractivity contribution in [3.63, 3.8) is 0 Å². The second kappa shape index (κ2) is 12.2. The minimum atomic E-state index is -1.03. The average Bonchev–Trinajstić information content (AvgIpc) is 2.54. The number of ether oxygens (including phenoxy) is 3. The molecule has 2 atom stereocenters. The zero-order chi connectivity index (χ0) is 21.9. The Labute approximate surface area is 166 Å². The van der Waals surface area contributed by atoms with E-state index in [1.54, 1.807) is 48.5 Å². The largest absolute Gasteiger partial charge is 0.466 e. The minimum Gasteiger partial charge on any atom is -0.466 e. The highest BCUT2D eigenvalue weighted by atomic mass is 16.6. The van der Waals surface area contributed by atoms with Crippen molar-refractivity contribution >= 4 is 23.9 Å². The molecule has 0 aliphatic rings. The predicted octanol–water partition coefficient (Wildman–Crippen LogP) is 1.93. The van der Waals surface area contributed by atoms with Crippen LogP contribution in [0.1, 0.15) is 61.3 Å². The molecule has 0 aliphatic heterocycles. The van der Waals surface area contributed by atoms with Crippen LogP contribution in [0.5, 0.6) is 0 Å². The van der Waals surface area contributed by atoms with Crippen molar-refractivity contribution in [2.45, 2.75) is 79.0 Å². The molecule has 0 heterocycles. The van der Waals surface area contributed by atoms with Gasteiger partial charge in [0, 0.05) is 6.42 Å². The van der Waals surface area contributed by atoms with Gasteiger partial charge in [-0.15, -0.1) is 0 Å². The van der Waals surface area contributed by atoms with E-state index in [4.69, 9.17) is 14.2 Å². The van der Waals surface area contributed by atoms with Crippen LogP contribution in [0.15, 0.2) is 0 Å². The Morgan fingerprint density at radius 3 is 1.96 bits per heavy atom. The average molecular weight is 402 g/mol. The molecule has 0 saturated heterocycles. The van der Waals surface area contributed by atoms with E-state index in [2.05, 4.69) is 10.6 Å². The molecule has 0 aromatic heterocycles. The molecule has 0 unspecified atom stereocenters. The molecule has 28 heavy (non-hydrogen) atoms. The van der Waals surface area contributed by atoms with Gasteiger partial charge in [-0.1, -0.05) is 13.8 Å². The molecule has 9 nitrogen and oxygen atoms in total. The summed E-state index contributed by atoms with van der Waals surface area (Å²) in [4.78, 5) is 48.4. The molecule has 0 aromatic carbocycles. The number of carbonyl (C=O) groups is 4. The van der Waals surface area contributed by atoms with Crippen molar-refractivity contribution in [3.8, 4) is 0 Å². The van der Waals surface area contributed by atoms with Gasteiger partial charge in [-0.05, 0) is 47.0 Å². The van der Waals surface area contributed by atoms with Gasteiger partial charge in [0.25, 0.3) is 0 Å². The van der Waals surface area contributed by atoms with Gasteiger partial charge < -0.3 is 24.8 Å². The van der Waals surface area contributed by atoms with Crippen LogP contribution in [0.3, 0.4) is 0 Å². The predicted molar refractivity (Wildman–Crippen MR) is 102 cm³/mol. The standard InChI is InChI=1S/C19H34N2O7/c1-8-26-14(22)11-10-13(17(24)27-9-2)20-16(23)15(12(3)4)21-18(25)28-19(5,6)7/h12-13,15H,8-11H2,1-7H3,(H,20,23)(H,21,25)/t13-,15+/m1/s1. The number of rotatable bonds is 10. The fraction of sp³-hybridized carbons (Fsp3) is 0.789. The number of hydrogen-bond donors (Lipinski definition) is 2. The molecule has 0 radical (unpaired) electrons. The summed E-state index contributed by atoms with van der Waals surface area (Å²) in [7, 11) is 0. The number of amides is 2. The van der Waals surface area contributed by atoms with Crippen molar-refractivity contribution in [2.75, 3.05) is 13.2 Å². The van der Waals surface area contributed by atoms with Crippen molar-refractivity contribution < 1.29 is 33.4 Å². The molecule has 0 fully saturated rings. The van der Waals surface area contributed by atoms with Crippen LogP contribution in [0.2, 0.25) is 0 Å². The van der Waals surface area contributed by atoms with E-state index in [-0.39, 0.29) is 32.0 Å². The minimum absolute atomic E-state index is 0.0284. The Morgan fingerprint density at radius 1 is 0.929 bits per heavy atom. The van der Waals surface area contributed by atoms with Crippen LogP contribution in [0, 0.1) is 5.92 Å². The van der Waals surface area contributed by atoms with Crippen LogP contribution < -0.4 is 10.6 Å². The highest BCUT2D eigenvalue weighted by molar-refractivity contribution is 5.90. The molecule has 2 N–H and O–H groups in total. The number of alkyl carbamates (subject to hydrolysis) is 1. The summed E-state index contributed by atoms with van der Waals surface area (Å²) in [6, 6.07) is -1.95. The second-order valence-electron chi connectivity index (χ2n) is 7.52. The van der Waals surface area contributed by atoms with Crippen molar-refractivity contribution in [1.29, 1.82) is 0 Å². The molecule has 0 rings (SSSR count). The highest BCUT2D eigenvalue weighted by Crippen LogP contribution is 2.10. The van der Waals surface area contributed by atoms with Gasteiger partial charge in [0.05, 0.1) is 13.2 Å². The number of carbonyl (C=O) groups excluding carboxylic acids is 4. The number of hydrogen-bond acceptors (Lipinski definition) is 7. The molecule has 9 heteroatoms. The lowest BCUT2D eigenvalue weighted by Crippen LogP contribution is -2.54. The normalized spacial score (nSPS) is 13.3. The third-order valence-electron chi connectivity index (χ3n) is 3.45. The van der Waals surface area contributed by atoms with Gasteiger partial charge in [0.15, 0.2) is 0 Å². The molecular weight excluding hydrogens is 368 g/mol. The van der Waals surface area contributed by atoms with E-state index < -0.39 is 41.6 Å². The van der Waals surface area contributed by atoms with Gasteiger partial charge in [-0.2, -0.15) is 0 Å². The quantitative estimate of drug-likeness (QED) is 0.423. The van der Waals surface area contributed by atoms with E-state index in [1.807, 2.05) is 0 Å². The first-order valence-corrected chi connectivity index (χ1v) is 9.53. The van der Waals surface area contributed by atoms with Gasteiger partial charge in [0.1, 0.15) is 17.7 Å². The molecule has 0 saturated carbocycles. The lowest BCUT2D eigenvalue weighted by atomic mass is 10.0. The van der Waals surface area contributed by atoms with E-state index >= 15 is 0 Å². The smallest absolute Gasteiger partial charge is 0.408 e. The van der Waals surface area contributed by atoms with Crippen LogP contribution >= 0.6 is 0 Å². The Kier molecular flexibility index (Phi) is 11.2. The first-order chi connectivity index (χ1) is 12.9. The van der Waals surface area contributed by atoms with Crippen LogP contribution in [-0.2, 0) is 28.6 Å². The van der Waals surface area contributed by atoms with Crippen LogP contribution in [0.4, 0.5) is 4.79 Å². The summed E-state index contributed by atoms with van der Waals surface area (Å²) >= 11 is 0. The topological polar surface area (TPSA) is 120 Å². The van der Waals surface area contributed by atoms with Gasteiger partial charge in [-0.3, -0.25) is 9.59 Å². The first kappa shape index (κ1) is 25.7. The monoisotopic (exact) mass is 402 g/mol. The Hall–Kier alpha value is -2.32. The van der Waals surface area contributed by atoms with E-state index in [9.17, 15) is 19.2 Å². The maximum absolute atomic E-state index is 12.7. The van der Waals surface area contributed by atoms with E-state index in [0.717, 1.165) is 0 Å². The lowest BCUT2D eigenvalue weighted by Gasteiger charge is -2.26. The third-order valence-corrected chi connectivity index (χ3v) is 3.45. The summed E-state index contributed by atoms with van der Waals surface area (Å²) in [5.41, 5.74) is -0.713. The van der Waals surface area contributed by atoms with Gasteiger partial charge >= 0.3 is 18.0 Å². The summed E-state index contributed by atoms with van der Waals surface area (Å²) < 4.78 is 15.0. The maximum atomic E-state index is 12.7. The van der Waals surface area contributed by atoms with Crippen molar-refractivity contribution in [2.24, 2.45) is 5.92 Å². The van der Waals surface area contributed by atoms with Crippen LogP contribution in [0.25, 0.3) is 0 Å².